The second-order valence-electron chi connectivity index (χ2n) is 16.0. The predicted molar refractivity (Wildman–Crippen MR) is 245 cm³/mol. The number of hydrogen-bond donors (Lipinski definition) is 0. The molecule has 1 heteroatoms. The Labute approximate surface area is 341 Å². The lowest BCUT2D eigenvalue weighted by Crippen LogP contribution is -2.17. The van der Waals surface area contributed by atoms with Crippen molar-refractivity contribution < 1.29 is 0 Å². The molecule has 0 radical (unpaired) electrons. The van der Waals surface area contributed by atoms with Gasteiger partial charge in [-0.15, -0.1) is 0 Å². The van der Waals surface area contributed by atoms with Crippen molar-refractivity contribution in [3.8, 4) is 77.9 Å². The van der Waals surface area contributed by atoms with Gasteiger partial charge in [0.2, 0.25) is 0 Å². The van der Waals surface area contributed by atoms with Crippen molar-refractivity contribution in [2.45, 2.75) is 19.3 Å². The normalized spacial score (nSPS) is 12.8. The Bertz CT molecular complexity index is 2960. The molecule has 0 atom stereocenters. The number of benzene rings is 9. The number of hydrogen-bond acceptors (Lipinski definition) is 1. The molecule has 0 fully saturated rings. The van der Waals surface area contributed by atoms with Crippen LogP contribution in [0.15, 0.2) is 212 Å². The summed E-state index contributed by atoms with van der Waals surface area (Å²) in [5.74, 6) is 0. The minimum atomic E-state index is -0.154. The standard InChI is InChI=1S/C57H41N/c1-57(2)52-30-15-13-26-46(52)47-34-33-41(37-53(47)57)58(55-35-32-40(38-18-5-3-6-19-38)36-51(55)39-20-7-4-8-21-39)54-31-16-14-27-50(54)56-48-28-17-29-49(56)45-25-12-10-23-43(45)42-22-9-11-24-44(42)48/h3-37H,1-2H3. The molecule has 0 saturated heterocycles. The first-order valence-electron chi connectivity index (χ1n) is 20.3. The quantitative estimate of drug-likeness (QED) is 0.164. The first kappa shape index (κ1) is 34.1. The summed E-state index contributed by atoms with van der Waals surface area (Å²) >= 11 is 0. The summed E-state index contributed by atoms with van der Waals surface area (Å²) < 4.78 is 0. The van der Waals surface area contributed by atoms with Crippen LogP contribution in [0.25, 0.3) is 77.9 Å². The van der Waals surface area contributed by atoms with Gasteiger partial charge < -0.3 is 4.90 Å². The molecule has 0 amide bonds. The Morgan fingerprint density at radius 1 is 0.293 bits per heavy atom. The maximum atomic E-state index is 2.53. The van der Waals surface area contributed by atoms with E-state index in [-0.39, 0.29) is 5.41 Å². The fourth-order valence-corrected chi connectivity index (χ4v) is 9.71. The van der Waals surface area contributed by atoms with Crippen molar-refractivity contribution in [3.05, 3.63) is 223 Å². The van der Waals surface area contributed by atoms with Crippen molar-refractivity contribution in [1.82, 2.24) is 0 Å². The van der Waals surface area contributed by atoms with Gasteiger partial charge >= 0.3 is 0 Å². The van der Waals surface area contributed by atoms with Crippen molar-refractivity contribution in [2.24, 2.45) is 0 Å². The summed E-state index contributed by atoms with van der Waals surface area (Å²) in [4.78, 5) is 2.53. The van der Waals surface area contributed by atoms with E-state index in [1.54, 1.807) is 0 Å². The molecule has 9 aromatic carbocycles. The summed E-state index contributed by atoms with van der Waals surface area (Å²) in [7, 11) is 0. The Balaban J connectivity index is 1.22. The van der Waals surface area contributed by atoms with E-state index in [0.717, 1.165) is 17.1 Å². The number of fused-ring (bicyclic) bond motifs is 10. The minimum absolute atomic E-state index is 0.154. The first-order valence-corrected chi connectivity index (χ1v) is 20.3. The zero-order valence-corrected chi connectivity index (χ0v) is 32.7. The highest BCUT2D eigenvalue weighted by Gasteiger charge is 2.36. The van der Waals surface area contributed by atoms with E-state index >= 15 is 0 Å². The van der Waals surface area contributed by atoms with Gasteiger partial charge in [0, 0.05) is 22.2 Å². The van der Waals surface area contributed by atoms with Crippen LogP contribution in [0.2, 0.25) is 0 Å². The van der Waals surface area contributed by atoms with E-state index in [2.05, 4.69) is 231 Å². The molecule has 11 rings (SSSR count). The SMILES string of the molecule is CC1(C)c2ccccc2-c2ccc(N(c3ccc(-c4ccccc4)cc3-c3ccccc3)c3ccccc3-c3c4cccc3-c3ccccc3-c3ccccc3-4)cc21. The molecule has 2 bridgehead atoms. The third-order valence-corrected chi connectivity index (χ3v) is 12.5. The highest BCUT2D eigenvalue weighted by Crippen LogP contribution is 2.55. The predicted octanol–water partition coefficient (Wildman–Crippen LogP) is 15.8. The van der Waals surface area contributed by atoms with E-state index in [1.165, 1.54) is 89.0 Å². The molecule has 0 aliphatic heterocycles. The molecular weight excluding hydrogens is 699 g/mol. The van der Waals surface area contributed by atoms with Crippen LogP contribution in [0.5, 0.6) is 0 Å². The van der Waals surface area contributed by atoms with Gasteiger partial charge in [0.05, 0.1) is 11.4 Å². The van der Waals surface area contributed by atoms with Gasteiger partial charge in [-0.3, -0.25) is 0 Å². The molecule has 0 spiro atoms. The zero-order chi connectivity index (χ0) is 38.8. The largest absolute Gasteiger partial charge is 0.309 e. The van der Waals surface area contributed by atoms with Crippen LogP contribution in [-0.4, -0.2) is 0 Å². The molecule has 274 valence electrons. The Morgan fingerprint density at radius 3 is 1.43 bits per heavy atom. The molecule has 2 aliphatic carbocycles. The van der Waals surface area contributed by atoms with Crippen LogP contribution >= 0.6 is 0 Å². The molecule has 0 aromatic heterocycles. The fourth-order valence-electron chi connectivity index (χ4n) is 9.71. The van der Waals surface area contributed by atoms with Crippen LogP contribution in [0, 0.1) is 0 Å². The topological polar surface area (TPSA) is 3.24 Å². The van der Waals surface area contributed by atoms with Gasteiger partial charge in [0.25, 0.3) is 0 Å². The molecule has 58 heavy (non-hydrogen) atoms. The van der Waals surface area contributed by atoms with Gasteiger partial charge in [-0.2, -0.15) is 0 Å². The lowest BCUT2D eigenvalue weighted by molar-refractivity contribution is 0.660. The Morgan fingerprint density at radius 2 is 0.776 bits per heavy atom. The van der Waals surface area contributed by atoms with E-state index in [4.69, 9.17) is 0 Å². The van der Waals surface area contributed by atoms with Gasteiger partial charge in [-0.25, -0.2) is 0 Å². The van der Waals surface area contributed by atoms with E-state index in [9.17, 15) is 0 Å². The summed E-state index contributed by atoms with van der Waals surface area (Å²) in [6.45, 7) is 4.74. The first-order chi connectivity index (χ1) is 28.6. The highest BCUT2D eigenvalue weighted by atomic mass is 15.1. The molecular formula is C57H41N. The molecule has 0 N–H and O–H groups in total. The van der Waals surface area contributed by atoms with E-state index < -0.39 is 0 Å². The fraction of sp³-hybridized carbons (Fsp3) is 0.0526. The van der Waals surface area contributed by atoms with Gasteiger partial charge in [-0.05, 0) is 108 Å². The van der Waals surface area contributed by atoms with Gasteiger partial charge in [0.15, 0.2) is 0 Å². The third kappa shape index (κ3) is 5.31. The van der Waals surface area contributed by atoms with Crippen molar-refractivity contribution in [1.29, 1.82) is 0 Å². The average molecular weight is 740 g/mol. The van der Waals surface area contributed by atoms with Crippen LogP contribution in [0.4, 0.5) is 17.1 Å². The van der Waals surface area contributed by atoms with Crippen molar-refractivity contribution >= 4 is 17.1 Å². The summed E-state index contributed by atoms with van der Waals surface area (Å²) in [6.07, 6.45) is 0. The number of nitrogens with zero attached hydrogens (tertiary/aromatic N) is 1. The van der Waals surface area contributed by atoms with Crippen molar-refractivity contribution in [3.63, 3.8) is 0 Å². The Kier molecular flexibility index (Phi) is 7.91. The molecule has 0 heterocycles. The maximum Gasteiger partial charge on any atom is 0.0540 e. The Hall–Kier alpha value is -7.22. The molecule has 0 saturated carbocycles. The van der Waals surface area contributed by atoms with E-state index in [0.29, 0.717) is 0 Å². The second kappa shape index (κ2) is 13.5. The number of para-hydroxylation sites is 1. The van der Waals surface area contributed by atoms with Crippen LogP contribution in [0.3, 0.4) is 0 Å². The molecule has 9 aromatic rings. The average Bonchev–Trinajstić information content (AvgIpc) is 3.49. The van der Waals surface area contributed by atoms with Gasteiger partial charge in [0.1, 0.15) is 0 Å². The summed E-state index contributed by atoms with van der Waals surface area (Å²) in [5.41, 5.74) is 23.3. The third-order valence-electron chi connectivity index (χ3n) is 12.5. The van der Waals surface area contributed by atoms with Crippen molar-refractivity contribution in [2.75, 3.05) is 4.90 Å². The van der Waals surface area contributed by atoms with Crippen LogP contribution in [0.1, 0.15) is 25.0 Å². The molecule has 0 unspecified atom stereocenters. The number of anilines is 3. The lowest BCUT2D eigenvalue weighted by atomic mass is 9.82. The minimum Gasteiger partial charge on any atom is -0.309 e. The monoisotopic (exact) mass is 739 g/mol. The lowest BCUT2D eigenvalue weighted by Gasteiger charge is -2.32. The zero-order valence-electron chi connectivity index (χ0n) is 32.7. The second-order valence-corrected chi connectivity index (χ2v) is 16.0. The molecule has 2 aliphatic rings. The smallest absolute Gasteiger partial charge is 0.0540 e. The summed E-state index contributed by atoms with van der Waals surface area (Å²) in [6, 6.07) is 78.4. The van der Waals surface area contributed by atoms with Crippen LogP contribution in [-0.2, 0) is 5.41 Å². The molecule has 1 nitrogen and oxygen atoms in total. The van der Waals surface area contributed by atoms with Gasteiger partial charge in [-0.1, -0.05) is 196 Å². The summed E-state index contributed by atoms with van der Waals surface area (Å²) in [5, 5.41) is 0. The maximum absolute atomic E-state index is 2.53. The number of rotatable bonds is 6. The van der Waals surface area contributed by atoms with E-state index in [1.807, 2.05) is 0 Å². The van der Waals surface area contributed by atoms with Crippen LogP contribution < -0.4 is 4.90 Å². The highest BCUT2D eigenvalue weighted by molar-refractivity contribution is 6.09.